The zero-order valence-electron chi connectivity index (χ0n) is 9.55. The predicted octanol–water partition coefficient (Wildman–Crippen LogP) is -0.504. The highest BCUT2D eigenvalue weighted by Gasteiger charge is 2.36. The van der Waals surface area contributed by atoms with Crippen LogP contribution in [0.1, 0.15) is 19.8 Å². The molecule has 0 radical (unpaired) electrons. The van der Waals surface area contributed by atoms with Gasteiger partial charge in [-0.3, -0.25) is 9.59 Å². The Labute approximate surface area is 105 Å². The lowest BCUT2D eigenvalue weighted by Gasteiger charge is -2.26. The number of hydrogen-bond acceptors (Lipinski definition) is 4. The van der Waals surface area contributed by atoms with Crippen molar-refractivity contribution in [1.29, 1.82) is 0 Å². The molecule has 2 N–H and O–H groups in total. The minimum Gasteiger partial charge on any atom is -0.480 e. The monoisotopic (exact) mass is 260 g/mol. The number of aliphatic carboxylic acids is 1. The Balaban J connectivity index is 2.73. The van der Waals surface area contributed by atoms with E-state index in [0.29, 0.717) is 19.4 Å². The van der Waals surface area contributed by atoms with E-state index < -0.39 is 18.1 Å². The number of hydrogen-bond donors (Lipinski definition) is 3. The van der Waals surface area contributed by atoms with E-state index in [1.807, 2.05) is 0 Å². The van der Waals surface area contributed by atoms with E-state index in [0.717, 1.165) is 0 Å². The molecule has 0 bridgehead atoms. The minimum absolute atomic E-state index is 0.154. The van der Waals surface area contributed by atoms with Gasteiger partial charge in [-0.25, -0.2) is 4.79 Å². The van der Waals surface area contributed by atoms with Crippen molar-refractivity contribution in [3.8, 4) is 0 Å². The molecule has 1 aliphatic heterocycles. The Bertz CT molecular complexity index is 334. The fourth-order valence-electron chi connectivity index (χ4n) is 1.92. The summed E-state index contributed by atoms with van der Waals surface area (Å²) in [4.78, 5) is 35.2. The van der Waals surface area contributed by atoms with Crippen molar-refractivity contribution in [3.63, 3.8) is 0 Å². The molecule has 6 nitrogen and oxygen atoms in total. The van der Waals surface area contributed by atoms with Crippen LogP contribution < -0.4 is 5.32 Å². The zero-order valence-corrected chi connectivity index (χ0v) is 10.4. The lowest BCUT2D eigenvalue weighted by atomic mass is 10.2. The van der Waals surface area contributed by atoms with Crippen molar-refractivity contribution in [1.82, 2.24) is 10.2 Å². The summed E-state index contributed by atoms with van der Waals surface area (Å²) in [7, 11) is 0. The van der Waals surface area contributed by atoms with Crippen molar-refractivity contribution >= 4 is 30.4 Å². The SMILES string of the molecule is CC(=O)N[C@@H](CS)C(=O)N1CCCC1C(=O)O. The number of rotatable bonds is 4. The molecule has 0 aromatic heterocycles. The van der Waals surface area contributed by atoms with Crippen LogP contribution in [-0.4, -0.2) is 52.2 Å². The molecule has 0 aromatic rings. The molecule has 1 fully saturated rings. The molecule has 0 aliphatic carbocycles. The Morgan fingerprint density at radius 2 is 2.18 bits per heavy atom. The lowest BCUT2D eigenvalue weighted by Crippen LogP contribution is -2.52. The molecule has 0 aromatic carbocycles. The van der Waals surface area contributed by atoms with Crippen LogP contribution in [0.25, 0.3) is 0 Å². The maximum Gasteiger partial charge on any atom is 0.326 e. The van der Waals surface area contributed by atoms with Crippen LogP contribution in [0.2, 0.25) is 0 Å². The zero-order chi connectivity index (χ0) is 13.0. The van der Waals surface area contributed by atoms with E-state index in [4.69, 9.17) is 5.11 Å². The molecule has 1 heterocycles. The van der Waals surface area contributed by atoms with Gasteiger partial charge >= 0.3 is 5.97 Å². The molecule has 2 atom stereocenters. The highest BCUT2D eigenvalue weighted by Crippen LogP contribution is 2.18. The maximum absolute atomic E-state index is 12.0. The Morgan fingerprint density at radius 1 is 1.53 bits per heavy atom. The van der Waals surface area contributed by atoms with Gasteiger partial charge in [0.25, 0.3) is 0 Å². The smallest absolute Gasteiger partial charge is 0.326 e. The van der Waals surface area contributed by atoms with Crippen LogP contribution in [0.15, 0.2) is 0 Å². The second kappa shape index (κ2) is 5.90. The lowest BCUT2D eigenvalue weighted by molar-refractivity contribution is -0.149. The van der Waals surface area contributed by atoms with Crippen molar-refractivity contribution in [2.45, 2.75) is 31.8 Å². The third-order valence-electron chi connectivity index (χ3n) is 2.68. The standard InChI is InChI=1S/C10H16N2O4S/c1-6(13)11-7(5-17)9(14)12-4-2-3-8(12)10(15)16/h7-8,17H,2-5H2,1H3,(H,11,13)(H,15,16)/t7-,8?/m0/s1. The van der Waals surface area contributed by atoms with Gasteiger partial charge in [-0.2, -0.15) is 12.6 Å². The van der Waals surface area contributed by atoms with E-state index in [9.17, 15) is 14.4 Å². The number of nitrogens with zero attached hydrogens (tertiary/aromatic N) is 1. The average Bonchev–Trinajstić information content (AvgIpc) is 2.73. The normalized spacial score (nSPS) is 21.1. The van der Waals surface area contributed by atoms with Crippen molar-refractivity contribution in [2.24, 2.45) is 0 Å². The second-order valence-corrected chi connectivity index (χ2v) is 4.33. The summed E-state index contributed by atoms with van der Waals surface area (Å²) in [5, 5.41) is 11.4. The Kier molecular flexibility index (Phi) is 4.80. The van der Waals surface area contributed by atoms with E-state index in [-0.39, 0.29) is 17.6 Å². The van der Waals surface area contributed by atoms with Gasteiger partial charge in [0.15, 0.2) is 0 Å². The summed E-state index contributed by atoms with van der Waals surface area (Å²) in [5.74, 6) is -1.55. The predicted molar refractivity (Wildman–Crippen MR) is 63.8 cm³/mol. The number of nitrogens with one attached hydrogen (secondary N) is 1. The molecule has 0 spiro atoms. The third kappa shape index (κ3) is 3.36. The maximum atomic E-state index is 12.0. The fraction of sp³-hybridized carbons (Fsp3) is 0.700. The van der Waals surface area contributed by atoms with Gasteiger partial charge in [-0.1, -0.05) is 0 Å². The first-order valence-electron chi connectivity index (χ1n) is 5.38. The summed E-state index contributed by atoms with van der Waals surface area (Å²) in [5.41, 5.74) is 0. The molecule has 7 heteroatoms. The third-order valence-corrected chi connectivity index (χ3v) is 3.04. The summed E-state index contributed by atoms with van der Waals surface area (Å²) in [6, 6.07) is -1.53. The Hall–Kier alpha value is -1.24. The summed E-state index contributed by atoms with van der Waals surface area (Å²) < 4.78 is 0. The van der Waals surface area contributed by atoms with Crippen LogP contribution in [0.4, 0.5) is 0 Å². The van der Waals surface area contributed by atoms with Crippen molar-refractivity contribution in [2.75, 3.05) is 12.3 Å². The van der Waals surface area contributed by atoms with Crippen LogP contribution in [0.3, 0.4) is 0 Å². The molecule has 1 saturated heterocycles. The van der Waals surface area contributed by atoms with Crippen LogP contribution in [0.5, 0.6) is 0 Å². The number of thiol groups is 1. The number of carbonyl (C=O) groups excluding carboxylic acids is 2. The van der Waals surface area contributed by atoms with E-state index in [1.54, 1.807) is 0 Å². The fourth-order valence-corrected chi connectivity index (χ4v) is 2.17. The van der Waals surface area contributed by atoms with Gasteiger partial charge in [0, 0.05) is 19.2 Å². The van der Waals surface area contributed by atoms with Gasteiger partial charge in [-0.05, 0) is 12.8 Å². The quantitative estimate of drug-likeness (QED) is 0.595. The Morgan fingerprint density at radius 3 is 2.65 bits per heavy atom. The molecule has 0 saturated carbocycles. The van der Waals surface area contributed by atoms with Crippen molar-refractivity contribution in [3.05, 3.63) is 0 Å². The number of carboxylic acids is 1. The average molecular weight is 260 g/mol. The number of carboxylic acid groups (broad SMARTS) is 1. The highest BCUT2D eigenvalue weighted by atomic mass is 32.1. The molecule has 1 aliphatic rings. The minimum atomic E-state index is -1.00. The topological polar surface area (TPSA) is 86.7 Å². The van der Waals surface area contributed by atoms with Gasteiger partial charge < -0.3 is 15.3 Å². The van der Waals surface area contributed by atoms with E-state index in [1.165, 1.54) is 11.8 Å². The summed E-state index contributed by atoms with van der Waals surface area (Å²) >= 11 is 3.99. The molecular formula is C10H16N2O4S. The number of likely N-dealkylation sites (tertiary alicyclic amines) is 1. The van der Waals surface area contributed by atoms with Gasteiger partial charge in [-0.15, -0.1) is 0 Å². The van der Waals surface area contributed by atoms with Gasteiger partial charge in [0.2, 0.25) is 11.8 Å². The van der Waals surface area contributed by atoms with Gasteiger partial charge in [0.1, 0.15) is 12.1 Å². The van der Waals surface area contributed by atoms with E-state index in [2.05, 4.69) is 17.9 Å². The van der Waals surface area contributed by atoms with Crippen LogP contribution >= 0.6 is 12.6 Å². The number of amides is 2. The molecule has 1 unspecified atom stereocenters. The highest BCUT2D eigenvalue weighted by molar-refractivity contribution is 7.80. The molecule has 96 valence electrons. The van der Waals surface area contributed by atoms with Gasteiger partial charge in [0.05, 0.1) is 0 Å². The van der Waals surface area contributed by atoms with Crippen LogP contribution in [0, 0.1) is 0 Å². The first kappa shape index (κ1) is 13.8. The number of carbonyl (C=O) groups is 3. The second-order valence-electron chi connectivity index (χ2n) is 3.96. The van der Waals surface area contributed by atoms with E-state index >= 15 is 0 Å². The molecule has 17 heavy (non-hydrogen) atoms. The molecular weight excluding hydrogens is 244 g/mol. The summed E-state index contributed by atoms with van der Waals surface area (Å²) in [6.07, 6.45) is 1.13. The first-order valence-corrected chi connectivity index (χ1v) is 6.02. The van der Waals surface area contributed by atoms with Crippen molar-refractivity contribution < 1.29 is 19.5 Å². The van der Waals surface area contributed by atoms with Crippen LogP contribution in [-0.2, 0) is 14.4 Å². The molecule has 2 amide bonds. The molecule has 1 rings (SSSR count). The largest absolute Gasteiger partial charge is 0.480 e. The first-order chi connectivity index (χ1) is 7.97. The summed E-state index contributed by atoms with van der Waals surface area (Å²) in [6.45, 7) is 1.72.